The van der Waals surface area contributed by atoms with Crippen LogP contribution in [-0.4, -0.2) is 4.98 Å². The fourth-order valence-electron chi connectivity index (χ4n) is 2.72. The summed E-state index contributed by atoms with van der Waals surface area (Å²) in [6.07, 6.45) is 5.60. The molecule has 0 atom stereocenters. The molecule has 1 aliphatic rings. The van der Waals surface area contributed by atoms with Gasteiger partial charge in [-0.05, 0) is 42.2 Å². The molecule has 2 heteroatoms. The topological polar surface area (TPSA) is 15.8 Å². The molecule has 1 heterocycles. The van der Waals surface area contributed by atoms with Crippen molar-refractivity contribution < 1.29 is 4.39 Å². The Morgan fingerprint density at radius 3 is 2.72 bits per heavy atom. The summed E-state index contributed by atoms with van der Waals surface area (Å²) in [4.78, 5) is 3.37. The first-order valence-corrected chi connectivity index (χ1v) is 6.03. The van der Waals surface area contributed by atoms with Gasteiger partial charge in [0.05, 0.1) is 0 Å². The van der Waals surface area contributed by atoms with Crippen LogP contribution in [0.2, 0.25) is 0 Å². The van der Waals surface area contributed by atoms with Gasteiger partial charge in [-0.15, -0.1) is 0 Å². The zero-order valence-electron chi connectivity index (χ0n) is 10.1. The van der Waals surface area contributed by atoms with Crippen molar-refractivity contribution in [3.63, 3.8) is 0 Å². The molecule has 0 fully saturated rings. The Morgan fingerprint density at radius 2 is 2.00 bits per heavy atom. The van der Waals surface area contributed by atoms with Gasteiger partial charge in [-0.3, -0.25) is 0 Å². The van der Waals surface area contributed by atoms with Crippen LogP contribution in [0.4, 0.5) is 4.39 Å². The van der Waals surface area contributed by atoms with E-state index < -0.39 is 0 Å². The lowest BCUT2D eigenvalue weighted by Gasteiger charge is -2.16. The number of nitrogens with one attached hydrogen (secondary N) is 1. The number of rotatable bonds is 2. The number of aromatic amines is 1. The van der Waals surface area contributed by atoms with Crippen molar-refractivity contribution in [1.82, 2.24) is 4.98 Å². The van der Waals surface area contributed by atoms with Crippen LogP contribution in [0.5, 0.6) is 0 Å². The highest BCUT2D eigenvalue weighted by Gasteiger charge is 2.20. The standard InChI is InChI=1S/C16H14FN/c1-3-10-5-7-15-16(12(10)4-2)13-9-11(17)6-8-14(13)18-15/h3-4,6,8-9,18H,1-2,5,7H2. The largest absolute Gasteiger partial charge is 0.358 e. The van der Waals surface area contributed by atoms with Gasteiger partial charge in [0.15, 0.2) is 0 Å². The lowest BCUT2D eigenvalue weighted by molar-refractivity contribution is 0.629. The molecule has 0 unspecified atom stereocenters. The minimum absolute atomic E-state index is 0.210. The lowest BCUT2D eigenvalue weighted by atomic mass is 9.88. The quantitative estimate of drug-likeness (QED) is 0.800. The third-order valence-corrected chi connectivity index (χ3v) is 3.55. The van der Waals surface area contributed by atoms with Crippen molar-refractivity contribution in [2.75, 3.05) is 0 Å². The van der Waals surface area contributed by atoms with Crippen LogP contribution in [0.15, 0.2) is 49.1 Å². The van der Waals surface area contributed by atoms with Gasteiger partial charge in [-0.2, -0.15) is 0 Å². The molecule has 0 saturated heterocycles. The molecule has 2 aromatic rings. The van der Waals surface area contributed by atoms with E-state index in [1.54, 1.807) is 12.1 Å². The number of allylic oxidation sites excluding steroid dienone is 4. The number of fused-ring (bicyclic) bond motifs is 3. The average molecular weight is 239 g/mol. The fraction of sp³-hybridized carbons (Fsp3) is 0.125. The van der Waals surface area contributed by atoms with Crippen LogP contribution >= 0.6 is 0 Å². The Bertz CT molecular complexity index is 688. The first-order valence-electron chi connectivity index (χ1n) is 6.03. The van der Waals surface area contributed by atoms with Crippen LogP contribution < -0.4 is 0 Å². The minimum atomic E-state index is -0.210. The van der Waals surface area contributed by atoms with Gasteiger partial charge >= 0.3 is 0 Å². The Labute approximate surface area is 105 Å². The van der Waals surface area contributed by atoms with Crippen LogP contribution in [0, 0.1) is 5.82 Å². The highest BCUT2D eigenvalue weighted by Crippen LogP contribution is 2.37. The third kappa shape index (κ3) is 1.46. The molecule has 0 saturated carbocycles. The predicted molar refractivity (Wildman–Crippen MR) is 73.9 cm³/mol. The van der Waals surface area contributed by atoms with Gasteiger partial charge in [0.1, 0.15) is 5.82 Å². The van der Waals surface area contributed by atoms with Crippen molar-refractivity contribution in [2.45, 2.75) is 12.8 Å². The van der Waals surface area contributed by atoms with Crippen LogP contribution in [0.25, 0.3) is 16.5 Å². The number of aryl methyl sites for hydroxylation is 1. The molecule has 1 aliphatic carbocycles. The molecule has 0 amide bonds. The summed E-state index contributed by atoms with van der Waals surface area (Å²) in [5.41, 5.74) is 5.48. The molecular formula is C16H14FN. The molecule has 1 aromatic carbocycles. The second-order valence-corrected chi connectivity index (χ2v) is 4.52. The molecule has 0 radical (unpaired) electrons. The zero-order chi connectivity index (χ0) is 12.7. The maximum atomic E-state index is 13.4. The van der Waals surface area contributed by atoms with Gasteiger partial charge in [0, 0.05) is 22.2 Å². The Kier molecular flexibility index (Phi) is 2.44. The first kappa shape index (κ1) is 11.0. The average Bonchev–Trinajstić information content (AvgIpc) is 2.75. The molecule has 18 heavy (non-hydrogen) atoms. The molecule has 3 rings (SSSR count). The Morgan fingerprint density at radius 1 is 1.17 bits per heavy atom. The number of halogens is 1. The number of H-pyrrole nitrogens is 1. The second kappa shape index (κ2) is 3.98. The molecule has 0 bridgehead atoms. The summed E-state index contributed by atoms with van der Waals surface area (Å²) in [7, 11) is 0. The van der Waals surface area contributed by atoms with E-state index >= 15 is 0 Å². The molecule has 0 spiro atoms. The fourth-order valence-corrected chi connectivity index (χ4v) is 2.72. The summed E-state index contributed by atoms with van der Waals surface area (Å²) >= 11 is 0. The lowest BCUT2D eigenvalue weighted by Crippen LogP contribution is -2.01. The van der Waals surface area contributed by atoms with Gasteiger partial charge in [-0.25, -0.2) is 4.39 Å². The summed E-state index contributed by atoms with van der Waals surface area (Å²) in [6, 6.07) is 4.85. The van der Waals surface area contributed by atoms with Crippen LogP contribution in [0.3, 0.4) is 0 Å². The number of hydrogen-bond acceptors (Lipinski definition) is 0. The molecular weight excluding hydrogens is 225 g/mol. The molecule has 90 valence electrons. The monoisotopic (exact) mass is 239 g/mol. The van der Waals surface area contributed by atoms with Gasteiger partial charge < -0.3 is 4.98 Å². The molecule has 0 aliphatic heterocycles. The second-order valence-electron chi connectivity index (χ2n) is 4.52. The molecule has 1 nitrogen and oxygen atoms in total. The van der Waals surface area contributed by atoms with Crippen molar-refractivity contribution in [3.05, 3.63) is 66.2 Å². The maximum absolute atomic E-state index is 13.4. The maximum Gasteiger partial charge on any atom is 0.123 e. The smallest absolute Gasteiger partial charge is 0.123 e. The van der Waals surface area contributed by atoms with Gasteiger partial charge in [0.25, 0.3) is 0 Å². The van der Waals surface area contributed by atoms with Crippen molar-refractivity contribution in [1.29, 1.82) is 0 Å². The van der Waals surface area contributed by atoms with E-state index in [4.69, 9.17) is 0 Å². The third-order valence-electron chi connectivity index (χ3n) is 3.55. The zero-order valence-corrected chi connectivity index (χ0v) is 10.1. The highest BCUT2D eigenvalue weighted by atomic mass is 19.1. The first-order chi connectivity index (χ1) is 8.74. The summed E-state index contributed by atoms with van der Waals surface area (Å²) in [6.45, 7) is 7.72. The van der Waals surface area contributed by atoms with Crippen molar-refractivity contribution in [3.8, 4) is 0 Å². The summed E-state index contributed by atoms with van der Waals surface area (Å²) in [5, 5.41) is 0.930. The SMILES string of the molecule is C=CC1=C(C=C)c2c([nH]c3ccc(F)cc23)CC1. The Hall–Kier alpha value is -2.09. The van der Waals surface area contributed by atoms with E-state index in [0.717, 1.165) is 40.6 Å². The van der Waals surface area contributed by atoms with Crippen LogP contribution in [0.1, 0.15) is 17.7 Å². The van der Waals surface area contributed by atoms with E-state index in [-0.39, 0.29) is 5.82 Å². The molecule has 1 N–H and O–H groups in total. The predicted octanol–water partition coefficient (Wildman–Crippen LogP) is 4.38. The van der Waals surface area contributed by atoms with Gasteiger partial charge in [0.2, 0.25) is 0 Å². The summed E-state index contributed by atoms with van der Waals surface area (Å²) in [5.74, 6) is -0.210. The minimum Gasteiger partial charge on any atom is -0.358 e. The molecule has 1 aromatic heterocycles. The van der Waals surface area contributed by atoms with Crippen molar-refractivity contribution in [2.24, 2.45) is 0 Å². The summed E-state index contributed by atoms with van der Waals surface area (Å²) < 4.78 is 13.4. The van der Waals surface area contributed by atoms with E-state index in [0.29, 0.717) is 0 Å². The number of benzene rings is 1. The Balaban J connectivity index is 2.39. The van der Waals surface area contributed by atoms with Gasteiger partial charge in [-0.1, -0.05) is 25.3 Å². The normalized spacial score (nSPS) is 14.7. The number of hydrogen-bond donors (Lipinski definition) is 1. The van der Waals surface area contributed by atoms with Crippen LogP contribution in [-0.2, 0) is 6.42 Å². The van der Waals surface area contributed by atoms with E-state index in [1.807, 2.05) is 12.2 Å². The van der Waals surface area contributed by atoms with Crippen molar-refractivity contribution >= 4 is 16.5 Å². The van der Waals surface area contributed by atoms with E-state index in [9.17, 15) is 4.39 Å². The highest BCUT2D eigenvalue weighted by molar-refractivity contribution is 5.98. The van der Waals surface area contributed by atoms with E-state index in [1.165, 1.54) is 11.6 Å². The van der Waals surface area contributed by atoms with E-state index in [2.05, 4.69) is 18.1 Å². The number of aromatic nitrogens is 1.